The molecule has 0 aliphatic carbocycles. The van der Waals surface area contributed by atoms with Gasteiger partial charge in [0.15, 0.2) is 0 Å². The molecule has 0 bridgehead atoms. The van der Waals surface area contributed by atoms with Crippen molar-refractivity contribution < 1.29 is 9.59 Å². The molecule has 3 heterocycles. The van der Waals surface area contributed by atoms with Crippen LogP contribution in [0.3, 0.4) is 0 Å². The standard InChI is InChI=1S/C23H24BrN5O2S/c1-2-3-20-23(31)28(12-15-4-6-18-19(10-15)26-14-27-22(18)25)8-9-29(20)21(30)7-5-17-11-16(24)13-32-17/h4-7,10-11,13-14,20H,2-3,8-9,12H2,1H3,(H2,25,26,27)/b7-5+. The molecule has 0 spiro atoms. The molecule has 166 valence electrons. The van der Waals surface area contributed by atoms with Gasteiger partial charge in [-0.15, -0.1) is 11.3 Å². The summed E-state index contributed by atoms with van der Waals surface area (Å²) in [6, 6.07) is 7.29. The maximum Gasteiger partial charge on any atom is 0.247 e. The monoisotopic (exact) mass is 513 g/mol. The van der Waals surface area contributed by atoms with Crippen molar-refractivity contribution in [2.24, 2.45) is 0 Å². The van der Waals surface area contributed by atoms with Gasteiger partial charge in [-0.05, 0) is 52.2 Å². The van der Waals surface area contributed by atoms with E-state index in [0.717, 1.165) is 32.2 Å². The number of halogens is 1. The van der Waals surface area contributed by atoms with E-state index in [9.17, 15) is 9.59 Å². The molecule has 1 aromatic carbocycles. The van der Waals surface area contributed by atoms with Crippen LogP contribution in [0.15, 0.2) is 46.5 Å². The Morgan fingerprint density at radius 2 is 2.16 bits per heavy atom. The Morgan fingerprint density at radius 3 is 2.91 bits per heavy atom. The van der Waals surface area contributed by atoms with Crippen molar-refractivity contribution in [3.05, 3.63) is 57.0 Å². The van der Waals surface area contributed by atoms with Crippen molar-refractivity contribution in [3.63, 3.8) is 0 Å². The maximum atomic E-state index is 13.3. The lowest BCUT2D eigenvalue weighted by atomic mass is 10.0. The van der Waals surface area contributed by atoms with Gasteiger partial charge >= 0.3 is 0 Å². The molecule has 4 rings (SSSR count). The van der Waals surface area contributed by atoms with E-state index in [-0.39, 0.29) is 11.8 Å². The minimum atomic E-state index is -0.445. The summed E-state index contributed by atoms with van der Waals surface area (Å²) in [6.07, 6.45) is 6.27. The largest absolute Gasteiger partial charge is 0.383 e. The zero-order valence-electron chi connectivity index (χ0n) is 17.7. The van der Waals surface area contributed by atoms with E-state index in [1.807, 2.05) is 41.5 Å². The number of benzene rings is 1. The fourth-order valence-electron chi connectivity index (χ4n) is 3.92. The average Bonchev–Trinajstić information content (AvgIpc) is 3.20. The van der Waals surface area contributed by atoms with Gasteiger partial charge in [0.25, 0.3) is 0 Å². The average molecular weight is 514 g/mol. The van der Waals surface area contributed by atoms with Crippen molar-refractivity contribution in [1.82, 2.24) is 19.8 Å². The van der Waals surface area contributed by atoms with Crippen molar-refractivity contribution in [3.8, 4) is 0 Å². The number of nitrogens with zero attached hydrogens (tertiary/aromatic N) is 4. The molecule has 1 aliphatic heterocycles. The number of aromatic nitrogens is 2. The number of piperazine rings is 1. The summed E-state index contributed by atoms with van der Waals surface area (Å²) >= 11 is 4.98. The van der Waals surface area contributed by atoms with Crippen LogP contribution in [0.1, 0.15) is 30.2 Å². The highest BCUT2D eigenvalue weighted by molar-refractivity contribution is 9.10. The van der Waals surface area contributed by atoms with Crippen molar-refractivity contribution in [2.45, 2.75) is 32.4 Å². The molecule has 1 aliphatic rings. The van der Waals surface area contributed by atoms with Crippen LogP contribution < -0.4 is 5.73 Å². The van der Waals surface area contributed by atoms with Crippen LogP contribution in [0, 0.1) is 0 Å². The highest BCUT2D eigenvalue weighted by Gasteiger charge is 2.36. The van der Waals surface area contributed by atoms with Crippen LogP contribution in [-0.4, -0.2) is 50.7 Å². The van der Waals surface area contributed by atoms with E-state index >= 15 is 0 Å². The lowest BCUT2D eigenvalue weighted by Crippen LogP contribution is -2.58. The highest BCUT2D eigenvalue weighted by Crippen LogP contribution is 2.24. The fourth-order valence-corrected chi connectivity index (χ4v) is 5.26. The first-order valence-electron chi connectivity index (χ1n) is 10.5. The molecular weight excluding hydrogens is 490 g/mol. The normalized spacial score (nSPS) is 16.9. The number of hydrogen-bond donors (Lipinski definition) is 1. The minimum Gasteiger partial charge on any atom is -0.383 e. The van der Waals surface area contributed by atoms with Gasteiger partial charge in [-0.25, -0.2) is 9.97 Å². The molecule has 1 atom stereocenters. The molecule has 9 heteroatoms. The van der Waals surface area contributed by atoms with Gasteiger partial charge in [0.1, 0.15) is 18.2 Å². The van der Waals surface area contributed by atoms with Gasteiger partial charge in [0.05, 0.1) is 5.52 Å². The number of anilines is 1. The van der Waals surface area contributed by atoms with E-state index in [0.29, 0.717) is 31.9 Å². The van der Waals surface area contributed by atoms with Crippen LogP contribution in [0.4, 0.5) is 5.82 Å². The molecule has 3 aromatic rings. The summed E-state index contributed by atoms with van der Waals surface area (Å²) in [7, 11) is 0. The Morgan fingerprint density at radius 1 is 1.31 bits per heavy atom. The second kappa shape index (κ2) is 9.79. The number of hydrogen-bond acceptors (Lipinski definition) is 6. The van der Waals surface area contributed by atoms with E-state index in [2.05, 4.69) is 25.9 Å². The van der Waals surface area contributed by atoms with Crippen molar-refractivity contribution in [1.29, 1.82) is 0 Å². The summed E-state index contributed by atoms with van der Waals surface area (Å²) in [5, 5.41) is 2.77. The van der Waals surface area contributed by atoms with Gasteiger partial charge in [0, 0.05) is 45.8 Å². The molecule has 2 aromatic heterocycles. The van der Waals surface area contributed by atoms with E-state index in [4.69, 9.17) is 5.73 Å². The van der Waals surface area contributed by atoms with E-state index in [1.165, 1.54) is 6.33 Å². The second-order valence-corrected chi connectivity index (χ2v) is 9.57. The fraction of sp³-hybridized carbons (Fsp3) is 0.304. The van der Waals surface area contributed by atoms with Gasteiger partial charge in [-0.3, -0.25) is 9.59 Å². The number of nitrogens with two attached hydrogens (primary N) is 1. The smallest absolute Gasteiger partial charge is 0.247 e. The van der Waals surface area contributed by atoms with Gasteiger partial charge in [0.2, 0.25) is 11.8 Å². The zero-order chi connectivity index (χ0) is 22.7. The Bertz CT molecular complexity index is 1180. The predicted octanol–water partition coefficient (Wildman–Crippen LogP) is 4.09. The van der Waals surface area contributed by atoms with Gasteiger partial charge < -0.3 is 15.5 Å². The molecule has 1 fully saturated rings. The summed E-state index contributed by atoms with van der Waals surface area (Å²) in [5.74, 6) is 0.301. The molecule has 1 saturated heterocycles. The molecule has 0 radical (unpaired) electrons. The van der Waals surface area contributed by atoms with Gasteiger partial charge in [-0.2, -0.15) is 0 Å². The van der Waals surface area contributed by atoms with Crippen molar-refractivity contribution in [2.75, 3.05) is 18.8 Å². The molecule has 2 amide bonds. The SMILES string of the molecule is CCCC1C(=O)N(Cc2ccc3c(N)ncnc3c2)CCN1C(=O)/C=C/c1cc(Br)cs1. The van der Waals surface area contributed by atoms with Crippen LogP contribution in [0.2, 0.25) is 0 Å². The number of thiophene rings is 1. The van der Waals surface area contributed by atoms with E-state index in [1.54, 1.807) is 28.4 Å². The molecule has 2 N–H and O–H groups in total. The first-order chi connectivity index (χ1) is 15.5. The number of carbonyl (C=O) groups excluding carboxylic acids is 2. The third-order valence-electron chi connectivity index (χ3n) is 5.51. The lowest BCUT2D eigenvalue weighted by molar-refractivity contribution is -0.150. The topological polar surface area (TPSA) is 92.4 Å². The summed E-state index contributed by atoms with van der Waals surface area (Å²) in [6.45, 7) is 3.50. The van der Waals surface area contributed by atoms with Gasteiger partial charge in [-0.1, -0.05) is 19.4 Å². The van der Waals surface area contributed by atoms with Crippen LogP contribution >= 0.6 is 27.3 Å². The number of amides is 2. The third kappa shape index (κ3) is 4.83. The first kappa shape index (κ1) is 22.4. The van der Waals surface area contributed by atoms with Crippen LogP contribution in [-0.2, 0) is 16.1 Å². The quantitative estimate of drug-likeness (QED) is 0.501. The Labute approximate surface area is 199 Å². The van der Waals surface area contributed by atoms with Crippen LogP contribution in [0.25, 0.3) is 17.0 Å². The Kier molecular flexibility index (Phi) is 6.86. The lowest BCUT2D eigenvalue weighted by Gasteiger charge is -2.40. The zero-order valence-corrected chi connectivity index (χ0v) is 20.1. The van der Waals surface area contributed by atoms with Crippen LogP contribution in [0.5, 0.6) is 0 Å². The van der Waals surface area contributed by atoms with Crippen molar-refractivity contribution >= 4 is 61.9 Å². The minimum absolute atomic E-state index is 0.0129. The maximum absolute atomic E-state index is 13.3. The summed E-state index contributed by atoms with van der Waals surface area (Å²) in [4.78, 5) is 39.0. The van der Waals surface area contributed by atoms with E-state index < -0.39 is 6.04 Å². The molecular formula is C23H24BrN5O2S. The number of nitrogen functional groups attached to an aromatic ring is 1. The second-order valence-electron chi connectivity index (χ2n) is 7.71. The summed E-state index contributed by atoms with van der Waals surface area (Å²) < 4.78 is 0.991. The molecule has 1 unspecified atom stereocenters. The molecule has 0 saturated carbocycles. The Hall–Kier alpha value is -2.78. The number of carbonyl (C=O) groups is 2. The third-order valence-corrected chi connectivity index (χ3v) is 7.17. The molecule has 32 heavy (non-hydrogen) atoms. The number of fused-ring (bicyclic) bond motifs is 1. The predicted molar refractivity (Wildman–Crippen MR) is 131 cm³/mol. The number of rotatable bonds is 6. The molecule has 7 nitrogen and oxygen atoms in total. The summed E-state index contributed by atoms with van der Waals surface area (Å²) in [5.41, 5.74) is 7.64. The first-order valence-corrected chi connectivity index (χ1v) is 12.1. The Balaban J connectivity index is 1.48. The highest BCUT2D eigenvalue weighted by atomic mass is 79.9.